The van der Waals surface area contributed by atoms with Crippen LogP contribution in [0.25, 0.3) is 0 Å². The molecule has 76 valence electrons. The van der Waals surface area contributed by atoms with Crippen molar-refractivity contribution in [2.24, 2.45) is 5.92 Å². The molecule has 1 rings (SSSR count). The average molecular weight is 181 g/mol. The lowest BCUT2D eigenvalue weighted by molar-refractivity contribution is 0.225. The Morgan fingerprint density at radius 3 is 2.23 bits per heavy atom. The fraction of sp³-hybridized carbons (Fsp3) is 0.833. The van der Waals surface area contributed by atoms with Gasteiger partial charge in [0.15, 0.2) is 0 Å². The molecule has 0 saturated carbocycles. The largest absolute Gasteiger partial charge is 0.297 e. The van der Waals surface area contributed by atoms with E-state index in [2.05, 4.69) is 39.5 Å². The molecule has 13 heavy (non-hydrogen) atoms. The van der Waals surface area contributed by atoms with Crippen molar-refractivity contribution in [2.45, 2.75) is 47.1 Å². The molecular formula is C12H23N. The summed E-state index contributed by atoms with van der Waals surface area (Å²) in [5, 5.41) is 0. The summed E-state index contributed by atoms with van der Waals surface area (Å²) in [7, 11) is 0. The highest BCUT2D eigenvalue weighted by atomic mass is 15.1. The van der Waals surface area contributed by atoms with Crippen LogP contribution in [-0.4, -0.2) is 24.0 Å². The molecule has 1 aliphatic heterocycles. The van der Waals surface area contributed by atoms with Crippen LogP contribution < -0.4 is 0 Å². The molecule has 0 spiro atoms. The second-order valence-corrected chi connectivity index (χ2v) is 4.77. The van der Waals surface area contributed by atoms with Crippen LogP contribution in [0, 0.1) is 5.92 Å². The van der Waals surface area contributed by atoms with Gasteiger partial charge in [0, 0.05) is 19.1 Å². The number of nitrogens with zero attached hydrogens (tertiary/aromatic N) is 1. The zero-order valence-corrected chi connectivity index (χ0v) is 9.72. The Labute approximate surface area is 82.8 Å². The van der Waals surface area contributed by atoms with Gasteiger partial charge in [-0.2, -0.15) is 0 Å². The lowest BCUT2D eigenvalue weighted by atomic mass is 9.92. The molecule has 0 atom stereocenters. The van der Waals surface area contributed by atoms with E-state index in [0.717, 1.165) is 5.92 Å². The highest BCUT2D eigenvalue weighted by Crippen LogP contribution is 2.24. The Morgan fingerprint density at radius 2 is 1.77 bits per heavy atom. The molecule has 0 aromatic heterocycles. The standard InChI is InChI=1S/C12H23N/c1-9(2)12-8-13(10(3)4)7-6-11(12)5/h9-10H,6-8H2,1-5H3. The Morgan fingerprint density at radius 1 is 1.15 bits per heavy atom. The normalized spacial score (nSPS) is 20.5. The summed E-state index contributed by atoms with van der Waals surface area (Å²) in [6.45, 7) is 13.9. The third-order valence-electron chi connectivity index (χ3n) is 3.12. The van der Waals surface area contributed by atoms with Crippen LogP contribution in [0.3, 0.4) is 0 Å². The molecule has 0 amide bonds. The Hall–Kier alpha value is -0.300. The predicted molar refractivity (Wildman–Crippen MR) is 58.9 cm³/mol. The molecule has 1 heteroatoms. The first kappa shape index (κ1) is 10.8. The van der Waals surface area contributed by atoms with Crippen LogP contribution in [0.2, 0.25) is 0 Å². The molecule has 0 radical (unpaired) electrons. The minimum absolute atomic E-state index is 0.696. The molecule has 0 bridgehead atoms. The predicted octanol–water partition coefficient (Wildman–Crippen LogP) is 3.07. The van der Waals surface area contributed by atoms with Crippen LogP contribution in [-0.2, 0) is 0 Å². The molecule has 0 unspecified atom stereocenters. The minimum Gasteiger partial charge on any atom is -0.297 e. The van der Waals surface area contributed by atoms with Crippen LogP contribution in [0.15, 0.2) is 11.1 Å². The molecule has 1 nitrogen and oxygen atoms in total. The van der Waals surface area contributed by atoms with E-state index in [-0.39, 0.29) is 0 Å². The van der Waals surface area contributed by atoms with Gasteiger partial charge in [-0.15, -0.1) is 0 Å². The number of hydrogen-bond donors (Lipinski definition) is 0. The van der Waals surface area contributed by atoms with Crippen molar-refractivity contribution in [1.82, 2.24) is 4.90 Å². The second kappa shape index (κ2) is 4.28. The van der Waals surface area contributed by atoms with Crippen molar-refractivity contribution in [3.63, 3.8) is 0 Å². The molecule has 1 aliphatic rings. The quantitative estimate of drug-likeness (QED) is 0.592. The van der Waals surface area contributed by atoms with E-state index < -0.39 is 0 Å². The van der Waals surface area contributed by atoms with Crippen molar-refractivity contribution >= 4 is 0 Å². The summed E-state index contributed by atoms with van der Waals surface area (Å²) in [5.74, 6) is 0.724. The molecule has 0 aromatic rings. The highest BCUT2D eigenvalue weighted by molar-refractivity contribution is 5.19. The van der Waals surface area contributed by atoms with Crippen molar-refractivity contribution < 1.29 is 0 Å². The molecular weight excluding hydrogens is 158 g/mol. The van der Waals surface area contributed by atoms with Crippen molar-refractivity contribution in [1.29, 1.82) is 0 Å². The maximum atomic E-state index is 2.57. The second-order valence-electron chi connectivity index (χ2n) is 4.77. The van der Waals surface area contributed by atoms with Gasteiger partial charge in [-0.3, -0.25) is 4.90 Å². The summed E-state index contributed by atoms with van der Waals surface area (Å²) in [4.78, 5) is 2.57. The monoisotopic (exact) mass is 181 g/mol. The smallest absolute Gasteiger partial charge is 0.0200 e. The van der Waals surface area contributed by atoms with E-state index in [1.54, 1.807) is 11.1 Å². The van der Waals surface area contributed by atoms with Crippen LogP contribution in [0.1, 0.15) is 41.0 Å². The Kier molecular flexibility index (Phi) is 3.55. The first-order valence-corrected chi connectivity index (χ1v) is 5.45. The maximum absolute atomic E-state index is 2.57. The van der Waals surface area contributed by atoms with E-state index in [1.165, 1.54) is 19.5 Å². The van der Waals surface area contributed by atoms with E-state index in [4.69, 9.17) is 0 Å². The minimum atomic E-state index is 0.696. The SMILES string of the molecule is CC1=C(C(C)C)CN(C(C)C)CC1. The summed E-state index contributed by atoms with van der Waals surface area (Å²) in [6, 6.07) is 0.696. The molecule has 0 N–H and O–H groups in total. The number of hydrogen-bond acceptors (Lipinski definition) is 1. The van der Waals surface area contributed by atoms with Crippen LogP contribution in [0.4, 0.5) is 0 Å². The summed E-state index contributed by atoms with van der Waals surface area (Å²) in [5.41, 5.74) is 3.30. The first-order chi connectivity index (χ1) is 6.02. The molecule has 0 aromatic carbocycles. The molecule has 0 fully saturated rings. The van der Waals surface area contributed by atoms with Gasteiger partial charge >= 0.3 is 0 Å². The summed E-state index contributed by atoms with van der Waals surface area (Å²) >= 11 is 0. The van der Waals surface area contributed by atoms with E-state index >= 15 is 0 Å². The lowest BCUT2D eigenvalue weighted by Gasteiger charge is -2.34. The van der Waals surface area contributed by atoms with Gasteiger partial charge in [-0.25, -0.2) is 0 Å². The zero-order valence-electron chi connectivity index (χ0n) is 9.72. The Bertz CT molecular complexity index is 201. The maximum Gasteiger partial charge on any atom is 0.0200 e. The van der Waals surface area contributed by atoms with Crippen molar-refractivity contribution in [2.75, 3.05) is 13.1 Å². The van der Waals surface area contributed by atoms with Crippen LogP contribution >= 0.6 is 0 Å². The summed E-state index contributed by atoms with van der Waals surface area (Å²) in [6.07, 6.45) is 1.27. The fourth-order valence-electron chi connectivity index (χ4n) is 2.02. The van der Waals surface area contributed by atoms with Gasteiger partial charge in [0.2, 0.25) is 0 Å². The average Bonchev–Trinajstić information content (AvgIpc) is 2.04. The van der Waals surface area contributed by atoms with Crippen molar-refractivity contribution in [3.05, 3.63) is 11.1 Å². The lowest BCUT2D eigenvalue weighted by Crippen LogP contribution is -2.37. The van der Waals surface area contributed by atoms with E-state index in [0.29, 0.717) is 6.04 Å². The van der Waals surface area contributed by atoms with E-state index in [1.807, 2.05) is 0 Å². The van der Waals surface area contributed by atoms with Gasteiger partial charge < -0.3 is 0 Å². The van der Waals surface area contributed by atoms with Gasteiger partial charge in [0.25, 0.3) is 0 Å². The third-order valence-corrected chi connectivity index (χ3v) is 3.12. The molecule has 0 aliphatic carbocycles. The van der Waals surface area contributed by atoms with E-state index in [9.17, 15) is 0 Å². The first-order valence-electron chi connectivity index (χ1n) is 5.45. The summed E-state index contributed by atoms with van der Waals surface area (Å²) < 4.78 is 0. The fourth-order valence-corrected chi connectivity index (χ4v) is 2.02. The van der Waals surface area contributed by atoms with Gasteiger partial charge in [0.1, 0.15) is 0 Å². The molecule has 1 heterocycles. The van der Waals surface area contributed by atoms with Crippen molar-refractivity contribution in [3.8, 4) is 0 Å². The topological polar surface area (TPSA) is 3.24 Å². The van der Waals surface area contributed by atoms with Gasteiger partial charge in [-0.1, -0.05) is 25.0 Å². The van der Waals surface area contributed by atoms with Gasteiger partial charge in [0.05, 0.1) is 0 Å². The van der Waals surface area contributed by atoms with Gasteiger partial charge in [-0.05, 0) is 33.1 Å². The highest BCUT2D eigenvalue weighted by Gasteiger charge is 2.19. The molecule has 0 saturated heterocycles. The van der Waals surface area contributed by atoms with Crippen LogP contribution in [0.5, 0.6) is 0 Å². The number of rotatable bonds is 2. The third kappa shape index (κ3) is 2.57. The zero-order chi connectivity index (χ0) is 10.0. The Balaban J connectivity index is 2.70.